The van der Waals surface area contributed by atoms with Crippen molar-refractivity contribution in [2.45, 2.75) is 44.9 Å². The summed E-state index contributed by atoms with van der Waals surface area (Å²) >= 11 is 0. The lowest BCUT2D eigenvalue weighted by Gasteiger charge is -2.29. The minimum absolute atomic E-state index is 0.210. The molecule has 0 saturated heterocycles. The van der Waals surface area contributed by atoms with Gasteiger partial charge in [0.15, 0.2) is 0 Å². The maximum absolute atomic E-state index is 12.5. The molecule has 2 N–H and O–H groups in total. The second-order valence-electron chi connectivity index (χ2n) is 6.39. The van der Waals surface area contributed by atoms with Crippen LogP contribution in [0.15, 0.2) is 18.2 Å². The minimum Gasteiger partial charge on any atom is -0.493 e. The largest absolute Gasteiger partial charge is 0.493 e. The van der Waals surface area contributed by atoms with Crippen LogP contribution in [-0.2, 0) is 17.6 Å². The molecule has 1 fully saturated rings. The Morgan fingerprint density at radius 3 is 3.00 bits per heavy atom. The zero-order valence-electron chi connectivity index (χ0n) is 12.6. The first-order chi connectivity index (χ1) is 10.3. The fourth-order valence-corrected chi connectivity index (χ4v) is 3.76. The monoisotopic (exact) mass is 287 g/mol. The Kier molecular flexibility index (Phi) is 4.59. The van der Waals surface area contributed by atoms with E-state index in [-0.39, 0.29) is 5.92 Å². The van der Waals surface area contributed by atoms with Gasteiger partial charge in [-0.25, -0.2) is 0 Å². The molecule has 114 valence electrons. The molecule has 1 aromatic carbocycles. The highest BCUT2D eigenvalue weighted by Gasteiger charge is 2.29. The van der Waals surface area contributed by atoms with E-state index in [9.17, 15) is 4.79 Å². The molecule has 0 aromatic heterocycles. The quantitative estimate of drug-likeness (QED) is 0.906. The number of ether oxygens (including phenoxy) is 1. The lowest BCUT2D eigenvalue weighted by Crippen LogP contribution is -2.32. The number of fused-ring (bicyclic) bond motifs is 1. The van der Waals surface area contributed by atoms with Gasteiger partial charge in [-0.2, -0.15) is 0 Å². The number of Topliss-reactive ketones (excluding diaryl/α,β-unsaturated/α-hetero) is 1. The predicted molar refractivity (Wildman–Crippen MR) is 83.5 cm³/mol. The third-order valence-corrected chi connectivity index (χ3v) is 5.04. The van der Waals surface area contributed by atoms with Crippen LogP contribution >= 0.6 is 0 Å². The van der Waals surface area contributed by atoms with Gasteiger partial charge in [0.05, 0.1) is 6.61 Å². The van der Waals surface area contributed by atoms with E-state index in [1.165, 1.54) is 24.0 Å². The smallest absolute Gasteiger partial charge is 0.136 e. The topological polar surface area (TPSA) is 52.3 Å². The lowest BCUT2D eigenvalue weighted by atomic mass is 9.76. The summed E-state index contributed by atoms with van der Waals surface area (Å²) in [7, 11) is 0. The molecule has 1 aliphatic heterocycles. The van der Waals surface area contributed by atoms with Crippen molar-refractivity contribution >= 4 is 5.78 Å². The summed E-state index contributed by atoms with van der Waals surface area (Å²) in [5.74, 6) is 2.06. The minimum atomic E-state index is 0.210. The molecule has 2 atom stereocenters. The zero-order chi connectivity index (χ0) is 14.7. The summed E-state index contributed by atoms with van der Waals surface area (Å²) in [5.41, 5.74) is 8.38. The average molecular weight is 287 g/mol. The standard InChI is InChI=1S/C18H25NO2/c19-12-15-3-1-2-4-16(15)17(20)7-5-13-6-8-18-14(11-13)9-10-21-18/h6,8,11,15-16H,1-5,7,9-10,12,19H2. The molecule has 3 heteroatoms. The summed E-state index contributed by atoms with van der Waals surface area (Å²) in [6.45, 7) is 1.45. The molecule has 0 bridgehead atoms. The second kappa shape index (κ2) is 6.61. The third kappa shape index (κ3) is 3.29. The van der Waals surface area contributed by atoms with Crippen molar-refractivity contribution in [3.8, 4) is 5.75 Å². The van der Waals surface area contributed by atoms with Crippen LogP contribution in [-0.4, -0.2) is 18.9 Å². The number of benzene rings is 1. The summed E-state index contributed by atoms with van der Waals surface area (Å²) in [5, 5.41) is 0. The summed E-state index contributed by atoms with van der Waals surface area (Å²) in [6, 6.07) is 6.35. The number of nitrogens with two attached hydrogens (primary N) is 1. The Bertz CT molecular complexity index is 512. The van der Waals surface area contributed by atoms with Gasteiger partial charge in [-0.1, -0.05) is 25.0 Å². The molecular formula is C18H25NO2. The van der Waals surface area contributed by atoms with Crippen molar-refractivity contribution in [2.75, 3.05) is 13.2 Å². The van der Waals surface area contributed by atoms with Crippen molar-refractivity contribution in [3.63, 3.8) is 0 Å². The van der Waals surface area contributed by atoms with Gasteiger partial charge in [0.2, 0.25) is 0 Å². The van der Waals surface area contributed by atoms with E-state index in [1.807, 2.05) is 6.07 Å². The van der Waals surface area contributed by atoms with Crippen molar-refractivity contribution in [1.82, 2.24) is 0 Å². The van der Waals surface area contributed by atoms with Crippen molar-refractivity contribution < 1.29 is 9.53 Å². The van der Waals surface area contributed by atoms with Gasteiger partial charge in [-0.3, -0.25) is 4.79 Å². The molecule has 21 heavy (non-hydrogen) atoms. The first-order valence-corrected chi connectivity index (χ1v) is 8.25. The summed E-state index contributed by atoms with van der Waals surface area (Å²) < 4.78 is 5.52. The highest BCUT2D eigenvalue weighted by molar-refractivity contribution is 5.81. The molecule has 2 unspecified atom stereocenters. The summed E-state index contributed by atoms with van der Waals surface area (Å²) in [4.78, 5) is 12.5. The molecule has 1 saturated carbocycles. The Balaban J connectivity index is 1.58. The van der Waals surface area contributed by atoms with Gasteiger partial charge in [-0.15, -0.1) is 0 Å². The number of carbonyl (C=O) groups excluding carboxylic acids is 1. The van der Waals surface area contributed by atoms with Crippen LogP contribution in [0.4, 0.5) is 0 Å². The number of hydrogen-bond acceptors (Lipinski definition) is 3. The fraction of sp³-hybridized carbons (Fsp3) is 0.611. The zero-order valence-corrected chi connectivity index (χ0v) is 12.6. The van der Waals surface area contributed by atoms with Crippen molar-refractivity contribution in [1.29, 1.82) is 0 Å². The van der Waals surface area contributed by atoms with E-state index in [2.05, 4.69) is 12.1 Å². The maximum atomic E-state index is 12.5. The van der Waals surface area contributed by atoms with E-state index in [0.29, 0.717) is 24.7 Å². The van der Waals surface area contributed by atoms with Crippen LogP contribution < -0.4 is 10.5 Å². The van der Waals surface area contributed by atoms with Crippen molar-refractivity contribution in [3.05, 3.63) is 29.3 Å². The predicted octanol–water partition coefficient (Wildman–Crippen LogP) is 2.89. The van der Waals surface area contributed by atoms with Crippen LogP contribution in [0.1, 0.15) is 43.2 Å². The van der Waals surface area contributed by atoms with Crippen LogP contribution in [0.25, 0.3) is 0 Å². The molecule has 3 nitrogen and oxygen atoms in total. The number of carbonyl (C=O) groups is 1. The maximum Gasteiger partial charge on any atom is 0.136 e. The highest BCUT2D eigenvalue weighted by atomic mass is 16.5. The SMILES string of the molecule is NCC1CCCCC1C(=O)CCc1ccc2c(c1)CCO2. The fourth-order valence-electron chi connectivity index (χ4n) is 3.76. The molecular weight excluding hydrogens is 262 g/mol. The van der Waals surface area contributed by atoms with Crippen LogP contribution in [0.2, 0.25) is 0 Å². The highest BCUT2D eigenvalue weighted by Crippen LogP contribution is 2.31. The van der Waals surface area contributed by atoms with E-state index >= 15 is 0 Å². The molecule has 3 rings (SSSR count). The molecule has 1 aromatic rings. The van der Waals surface area contributed by atoms with Crippen LogP contribution in [0.3, 0.4) is 0 Å². The molecule has 1 heterocycles. The van der Waals surface area contributed by atoms with Gasteiger partial charge in [0, 0.05) is 18.8 Å². The number of hydrogen-bond donors (Lipinski definition) is 1. The van der Waals surface area contributed by atoms with Crippen molar-refractivity contribution in [2.24, 2.45) is 17.6 Å². The average Bonchev–Trinajstić information content (AvgIpc) is 3.00. The van der Waals surface area contributed by atoms with E-state index in [1.54, 1.807) is 0 Å². The van der Waals surface area contributed by atoms with E-state index < -0.39 is 0 Å². The number of rotatable bonds is 5. The number of ketones is 1. The van der Waals surface area contributed by atoms with E-state index in [4.69, 9.17) is 10.5 Å². The van der Waals surface area contributed by atoms with E-state index in [0.717, 1.165) is 38.0 Å². The normalized spacial score (nSPS) is 24.4. The molecule has 0 spiro atoms. The van der Waals surface area contributed by atoms with Gasteiger partial charge >= 0.3 is 0 Å². The van der Waals surface area contributed by atoms with Gasteiger partial charge in [0.1, 0.15) is 11.5 Å². The molecule has 2 aliphatic rings. The van der Waals surface area contributed by atoms with Crippen LogP contribution in [0.5, 0.6) is 5.75 Å². The van der Waals surface area contributed by atoms with Gasteiger partial charge in [-0.05, 0) is 48.9 Å². The Morgan fingerprint density at radius 2 is 2.14 bits per heavy atom. The third-order valence-electron chi connectivity index (χ3n) is 5.04. The Morgan fingerprint density at radius 1 is 1.29 bits per heavy atom. The van der Waals surface area contributed by atoms with Gasteiger partial charge in [0.25, 0.3) is 0 Å². The molecule has 0 amide bonds. The summed E-state index contributed by atoms with van der Waals surface area (Å²) in [6.07, 6.45) is 7.08. The molecule has 1 aliphatic carbocycles. The lowest BCUT2D eigenvalue weighted by molar-refractivity contribution is -0.125. The first-order valence-electron chi connectivity index (χ1n) is 8.25. The van der Waals surface area contributed by atoms with Crippen LogP contribution in [0, 0.1) is 11.8 Å². The van der Waals surface area contributed by atoms with Gasteiger partial charge < -0.3 is 10.5 Å². The Hall–Kier alpha value is -1.35. The first kappa shape index (κ1) is 14.6. The Labute approximate surface area is 126 Å². The number of aryl methyl sites for hydroxylation is 1. The molecule has 0 radical (unpaired) electrons. The second-order valence-corrected chi connectivity index (χ2v) is 6.39.